The SMILES string of the molecule is Cc1cc(C)nc(SC/C([O-])=N/c2c[n+](N3CCCCC3)no2)n1. The molecule has 1 saturated heterocycles. The summed E-state index contributed by atoms with van der Waals surface area (Å²) in [5.41, 5.74) is 1.76. The lowest BCUT2D eigenvalue weighted by Crippen LogP contribution is -2.60. The molecule has 24 heavy (non-hydrogen) atoms. The number of nitrogens with zero attached hydrogens (tertiary/aromatic N) is 6. The Labute approximate surface area is 144 Å². The number of thioether (sulfide) groups is 1. The van der Waals surface area contributed by atoms with E-state index in [4.69, 9.17) is 4.52 Å². The van der Waals surface area contributed by atoms with Crippen molar-refractivity contribution in [2.24, 2.45) is 4.99 Å². The third-order valence-corrected chi connectivity index (χ3v) is 4.42. The van der Waals surface area contributed by atoms with Gasteiger partial charge < -0.3 is 5.11 Å². The predicted molar refractivity (Wildman–Crippen MR) is 87.8 cm³/mol. The van der Waals surface area contributed by atoms with Crippen LogP contribution in [-0.2, 0) is 0 Å². The molecule has 0 bridgehead atoms. The van der Waals surface area contributed by atoms with Crippen LogP contribution in [-0.4, -0.2) is 40.0 Å². The lowest BCUT2D eigenvalue weighted by molar-refractivity contribution is -0.759. The van der Waals surface area contributed by atoms with Gasteiger partial charge >= 0.3 is 5.88 Å². The largest absolute Gasteiger partial charge is 0.861 e. The molecule has 9 heteroatoms. The maximum atomic E-state index is 12.0. The monoisotopic (exact) mass is 348 g/mol. The lowest BCUT2D eigenvalue weighted by Gasteiger charge is -2.17. The lowest BCUT2D eigenvalue weighted by atomic mass is 10.2. The molecule has 0 unspecified atom stereocenters. The summed E-state index contributed by atoms with van der Waals surface area (Å²) in [4.78, 5) is 14.2. The molecule has 0 aliphatic carbocycles. The van der Waals surface area contributed by atoms with Gasteiger partial charge in [0, 0.05) is 17.1 Å². The zero-order chi connectivity index (χ0) is 16.9. The van der Waals surface area contributed by atoms with E-state index in [-0.39, 0.29) is 17.5 Å². The van der Waals surface area contributed by atoms with Crippen molar-refractivity contribution in [1.82, 2.24) is 15.2 Å². The van der Waals surface area contributed by atoms with Gasteiger partial charge in [0.15, 0.2) is 5.16 Å². The molecule has 128 valence electrons. The van der Waals surface area contributed by atoms with Crippen LogP contribution in [0.1, 0.15) is 30.7 Å². The molecule has 2 aromatic heterocycles. The zero-order valence-electron chi connectivity index (χ0n) is 13.8. The number of aliphatic imine (C=N–C) groups is 1. The summed E-state index contributed by atoms with van der Waals surface area (Å²) in [5, 5.41) is 18.6. The van der Waals surface area contributed by atoms with Crippen LogP contribution in [0.5, 0.6) is 0 Å². The Morgan fingerprint density at radius 2 is 2.00 bits per heavy atom. The van der Waals surface area contributed by atoms with Gasteiger partial charge in [0.2, 0.25) is 5.27 Å². The van der Waals surface area contributed by atoms with Crippen molar-refractivity contribution < 1.29 is 14.4 Å². The summed E-state index contributed by atoms with van der Waals surface area (Å²) in [6, 6.07) is 1.89. The number of aromatic nitrogens is 4. The Morgan fingerprint density at radius 3 is 2.71 bits per heavy atom. The topological polar surface area (TPSA) is 94.4 Å². The molecular weight excluding hydrogens is 328 g/mol. The van der Waals surface area contributed by atoms with Gasteiger partial charge in [0.25, 0.3) is 6.20 Å². The minimum absolute atomic E-state index is 0.160. The fourth-order valence-electron chi connectivity index (χ4n) is 2.53. The van der Waals surface area contributed by atoms with Crippen molar-refractivity contribution in [3.63, 3.8) is 0 Å². The quantitative estimate of drug-likeness (QED) is 0.258. The molecule has 1 aliphatic rings. The molecule has 0 saturated carbocycles. The number of aryl methyl sites for hydroxylation is 2. The number of hydrogen-bond acceptors (Lipinski definition) is 8. The summed E-state index contributed by atoms with van der Waals surface area (Å²) in [5.74, 6) is 0.0741. The molecule has 3 rings (SSSR count). The van der Waals surface area contributed by atoms with E-state index >= 15 is 0 Å². The summed E-state index contributed by atoms with van der Waals surface area (Å²) < 4.78 is 5.12. The van der Waals surface area contributed by atoms with Gasteiger partial charge in [-0.1, -0.05) is 11.8 Å². The van der Waals surface area contributed by atoms with Crippen LogP contribution >= 0.6 is 11.8 Å². The molecular formula is C15H20N6O2S. The molecule has 0 amide bonds. The van der Waals surface area contributed by atoms with Crippen LogP contribution in [0.2, 0.25) is 0 Å². The molecule has 8 nitrogen and oxygen atoms in total. The van der Waals surface area contributed by atoms with E-state index in [2.05, 4.69) is 25.2 Å². The fourth-order valence-corrected chi connectivity index (χ4v) is 3.27. The minimum atomic E-state index is -0.301. The molecule has 0 aromatic carbocycles. The smallest absolute Gasteiger partial charge is 0.324 e. The Hall–Kier alpha value is -2.16. The van der Waals surface area contributed by atoms with Crippen LogP contribution < -0.4 is 14.9 Å². The highest BCUT2D eigenvalue weighted by Crippen LogP contribution is 2.15. The van der Waals surface area contributed by atoms with Crippen molar-refractivity contribution in [2.75, 3.05) is 23.9 Å². The van der Waals surface area contributed by atoms with Gasteiger partial charge in [-0.15, -0.1) is 0 Å². The molecule has 2 aromatic rings. The van der Waals surface area contributed by atoms with E-state index in [9.17, 15) is 5.11 Å². The van der Waals surface area contributed by atoms with Gasteiger partial charge in [-0.3, -0.25) is 4.52 Å². The third kappa shape index (κ3) is 4.44. The Balaban J connectivity index is 1.60. The number of hydrogen-bond donors (Lipinski definition) is 0. The molecule has 0 spiro atoms. The van der Waals surface area contributed by atoms with Crippen molar-refractivity contribution in [3.05, 3.63) is 23.7 Å². The zero-order valence-corrected chi connectivity index (χ0v) is 14.6. The van der Waals surface area contributed by atoms with E-state index in [0.717, 1.165) is 37.3 Å². The Bertz CT molecular complexity index is 706. The summed E-state index contributed by atoms with van der Waals surface area (Å²) >= 11 is 1.27. The maximum absolute atomic E-state index is 12.0. The van der Waals surface area contributed by atoms with Crippen LogP contribution in [0.4, 0.5) is 5.88 Å². The Morgan fingerprint density at radius 1 is 1.29 bits per heavy atom. The van der Waals surface area contributed by atoms with Gasteiger partial charge in [0.05, 0.1) is 17.9 Å². The highest BCUT2D eigenvalue weighted by atomic mass is 32.2. The second kappa shape index (κ2) is 7.61. The predicted octanol–water partition coefficient (Wildman–Crippen LogP) is 0.673. The first-order chi connectivity index (χ1) is 11.6. The van der Waals surface area contributed by atoms with E-state index < -0.39 is 0 Å². The minimum Gasteiger partial charge on any atom is -0.861 e. The second-order valence-corrected chi connectivity index (χ2v) is 6.64. The highest BCUT2D eigenvalue weighted by Gasteiger charge is 2.22. The molecule has 1 fully saturated rings. The van der Waals surface area contributed by atoms with Crippen LogP contribution in [0.15, 0.2) is 26.9 Å². The number of rotatable bonds is 5. The first kappa shape index (κ1) is 16.7. The molecule has 3 heterocycles. The van der Waals surface area contributed by atoms with Crippen molar-refractivity contribution in [3.8, 4) is 0 Å². The summed E-state index contributed by atoms with van der Waals surface area (Å²) in [6.45, 7) is 5.67. The third-order valence-electron chi connectivity index (χ3n) is 3.59. The Kier molecular flexibility index (Phi) is 5.29. The van der Waals surface area contributed by atoms with Crippen molar-refractivity contribution in [1.29, 1.82) is 0 Å². The first-order valence-corrected chi connectivity index (χ1v) is 8.92. The van der Waals surface area contributed by atoms with E-state index in [0.29, 0.717) is 5.16 Å². The highest BCUT2D eigenvalue weighted by molar-refractivity contribution is 7.99. The molecule has 0 radical (unpaired) electrons. The average Bonchev–Trinajstić information content (AvgIpc) is 3.01. The molecule has 0 N–H and O–H groups in total. The van der Waals surface area contributed by atoms with E-state index in [1.807, 2.05) is 19.9 Å². The molecule has 0 atom stereocenters. The van der Waals surface area contributed by atoms with Crippen LogP contribution in [0.25, 0.3) is 0 Å². The summed E-state index contributed by atoms with van der Waals surface area (Å²) in [6.07, 6.45) is 5.15. The normalized spacial score (nSPS) is 15.8. The standard InChI is InChI=1S/C15H20N6O2S/c1-11-8-12(2)17-15(16-11)24-10-13(22)18-14-9-21(19-23-14)20-6-4-3-5-7-20/h8-9H,3-7,10H2,1-2H3. The van der Waals surface area contributed by atoms with E-state index in [1.165, 1.54) is 18.2 Å². The molecule has 1 aliphatic heterocycles. The number of piperidine rings is 1. The fraction of sp³-hybridized carbons (Fsp3) is 0.533. The summed E-state index contributed by atoms with van der Waals surface area (Å²) in [7, 11) is 0. The van der Waals surface area contributed by atoms with Crippen molar-refractivity contribution in [2.45, 2.75) is 38.3 Å². The van der Waals surface area contributed by atoms with Crippen LogP contribution in [0.3, 0.4) is 0 Å². The maximum Gasteiger partial charge on any atom is 0.324 e. The first-order valence-electron chi connectivity index (χ1n) is 7.94. The van der Waals surface area contributed by atoms with Crippen molar-refractivity contribution >= 4 is 23.5 Å². The van der Waals surface area contributed by atoms with Gasteiger partial charge in [-0.2, -0.15) is 5.01 Å². The van der Waals surface area contributed by atoms with Gasteiger partial charge in [0.1, 0.15) is 0 Å². The van der Waals surface area contributed by atoms with Gasteiger partial charge in [-0.05, 0) is 45.1 Å². The van der Waals surface area contributed by atoms with E-state index in [1.54, 1.807) is 11.0 Å². The van der Waals surface area contributed by atoms with Crippen LogP contribution in [0, 0.1) is 13.8 Å². The average molecular weight is 348 g/mol. The second-order valence-electron chi connectivity index (χ2n) is 5.70. The van der Waals surface area contributed by atoms with Gasteiger partial charge in [-0.25, -0.2) is 15.0 Å².